The molecule has 0 aromatic carbocycles. The Morgan fingerprint density at radius 1 is 1.25 bits per heavy atom. The predicted molar refractivity (Wildman–Crippen MR) is 67.7 cm³/mol. The van der Waals surface area contributed by atoms with E-state index in [2.05, 4.69) is 15.0 Å². The van der Waals surface area contributed by atoms with E-state index in [0.29, 0.717) is 17.6 Å². The summed E-state index contributed by atoms with van der Waals surface area (Å²) in [6.45, 7) is 1.60. The summed E-state index contributed by atoms with van der Waals surface area (Å²) in [5.74, 6) is 0. The number of ether oxygens (including phenoxy) is 1. The van der Waals surface area contributed by atoms with Crippen LogP contribution in [0.3, 0.4) is 0 Å². The van der Waals surface area contributed by atoms with Gasteiger partial charge in [-0.25, -0.2) is 15.0 Å². The summed E-state index contributed by atoms with van der Waals surface area (Å²) in [5.41, 5.74) is 1.99. The van der Waals surface area contributed by atoms with Gasteiger partial charge in [-0.15, -0.1) is 0 Å². The highest BCUT2D eigenvalue weighted by Gasteiger charge is 2.43. The molecule has 2 aromatic heterocycles. The van der Waals surface area contributed by atoms with Gasteiger partial charge in [0.25, 0.3) is 0 Å². The van der Waals surface area contributed by atoms with E-state index in [1.807, 2.05) is 6.92 Å². The van der Waals surface area contributed by atoms with Crippen molar-refractivity contribution in [1.29, 1.82) is 0 Å². The molecule has 1 fully saturated rings. The lowest BCUT2D eigenvalue weighted by Gasteiger charge is -2.16. The van der Waals surface area contributed by atoms with Crippen LogP contribution in [0.15, 0.2) is 12.7 Å². The number of aromatic nitrogens is 4. The number of rotatable bonds is 3. The number of imidazole rings is 1. The summed E-state index contributed by atoms with van der Waals surface area (Å²) in [6.07, 6.45) is -0.294. The molecule has 2 unspecified atom stereocenters. The average Bonchev–Trinajstić information content (AvgIpc) is 3.01. The lowest BCUT2D eigenvalue weighted by Crippen LogP contribution is -2.33. The van der Waals surface area contributed by atoms with Crippen LogP contribution < -0.4 is 0 Å². The van der Waals surface area contributed by atoms with Crippen molar-refractivity contribution < 1.29 is 20.1 Å². The van der Waals surface area contributed by atoms with E-state index in [0.717, 1.165) is 5.69 Å². The van der Waals surface area contributed by atoms with E-state index in [4.69, 9.17) is 9.84 Å². The topological polar surface area (TPSA) is 114 Å². The van der Waals surface area contributed by atoms with Gasteiger partial charge in [0.2, 0.25) is 0 Å². The summed E-state index contributed by atoms with van der Waals surface area (Å²) in [5, 5.41) is 29.0. The first kappa shape index (κ1) is 13.4. The Bertz CT molecular complexity index is 617. The van der Waals surface area contributed by atoms with Crippen molar-refractivity contribution in [3.8, 4) is 0 Å². The second-order valence-electron chi connectivity index (χ2n) is 4.73. The molecule has 1 aliphatic rings. The molecule has 1 aliphatic heterocycles. The predicted octanol–water partition coefficient (Wildman–Crippen LogP) is -1.000. The van der Waals surface area contributed by atoms with Crippen molar-refractivity contribution in [1.82, 2.24) is 19.5 Å². The maximum absolute atomic E-state index is 10.0. The van der Waals surface area contributed by atoms with Gasteiger partial charge in [-0.2, -0.15) is 0 Å². The molecule has 0 saturated carbocycles. The van der Waals surface area contributed by atoms with Gasteiger partial charge in [0.1, 0.15) is 30.2 Å². The van der Waals surface area contributed by atoms with Crippen LogP contribution in [-0.4, -0.2) is 59.8 Å². The van der Waals surface area contributed by atoms with Crippen molar-refractivity contribution in [2.45, 2.75) is 37.9 Å². The van der Waals surface area contributed by atoms with E-state index in [1.165, 1.54) is 12.7 Å². The Kier molecular flexibility index (Phi) is 3.38. The highest BCUT2D eigenvalue weighted by molar-refractivity contribution is 5.73. The number of fused-ring (bicyclic) bond motifs is 1. The second-order valence-corrected chi connectivity index (χ2v) is 4.73. The van der Waals surface area contributed by atoms with E-state index in [-0.39, 0.29) is 6.61 Å². The zero-order valence-corrected chi connectivity index (χ0v) is 10.9. The van der Waals surface area contributed by atoms with Crippen LogP contribution in [0.2, 0.25) is 0 Å². The minimum Gasteiger partial charge on any atom is -0.394 e. The number of hydrogen-bond donors (Lipinski definition) is 3. The van der Waals surface area contributed by atoms with Crippen LogP contribution in [0.5, 0.6) is 0 Å². The summed E-state index contributed by atoms with van der Waals surface area (Å²) in [6, 6.07) is 0. The Labute approximate surface area is 114 Å². The fourth-order valence-electron chi connectivity index (χ4n) is 2.46. The third-order valence-electron chi connectivity index (χ3n) is 3.56. The number of aryl methyl sites for hydroxylation is 1. The fourth-order valence-corrected chi connectivity index (χ4v) is 2.46. The molecular formula is C12H16N4O4. The molecule has 4 atom stereocenters. The lowest BCUT2D eigenvalue weighted by molar-refractivity contribution is -0.0511. The molecule has 3 rings (SSSR count). The molecule has 0 radical (unpaired) electrons. The summed E-state index contributed by atoms with van der Waals surface area (Å²) < 4.78 is 7.03. The van der Waals surface area contributed by atoms with Crippen molar-refractivity contribution in [3.63, 3.8) is 0 Å². The fraction of sp³-hybridized carbons (Fsp3) is 0.583. The maximum atomic E-state index is 10.0. The molecule has 1 saturated heterocycles. The first-order valence-electron chi connectivity index (χ1n) is 6.46. The lowest BCUT2D eigenvalue weighted by atomic mass is 10.1. The second kappa shape index (κ2) is 5.06. The molecular weight excluding hydrogens is 264 g/mol. The van der Waals surface area contributed by atoms with Gasteiger partial charge >= 0.3 is 0 Å². The SMILES string of the molecule is CCc1ncnc2c1ncn2[C@@H]1O[C@H](CO)C(O)C1O. The van der Waals surface area contributed by atoms with E-state index in [9.17, 15) is 10.2 Å². The summed E-state index contributed by atoms with van der Waals surface area (Å²) >= 11 is 0. The van der Waals surface area contributed by atoms with E-state index in [1.54, 1.807) is 4.57 Å². The minimum atomic E-state index is -1.15. The molecule has 0 amide bonds. The van der Waals surface area contributed by atoms with E-state index >= 15 is 0 Å². The zero-order valence-electron chi connectivity index (χ0n) is 10.9. The van der Waals surface area contributed by atoms with Gasteiger partial charge in [-0.3, -0.25) is 4.57 Å². The molecule has 3 N–H and O–H groups in total. The molecule has 0 spiro atoms. The molecule has 0 bridgehead atoms. The Morgan fingerprint density at radius 2 is 2.05 bits per heavy atom. The van der Waals surface area contributed by atoms with Crippen LogP contribution in [0.1, 0.15) is 18.8 Å². The molecule has 0 aliphatic carbocycles. The minimum absolute atomic E-state index is 0.365. The first-order chi connectivity index (χ1) is 9.67. The molecule has 8 heteroatoms. The standard InChI is InChI=1S/C12H16N4O4/c1-2-6-8-11(14-4-13-6)16(5-15-8)12-10(19)9(18)7(3-17)20-12/h4-5,7,9-10,12,17-19H,2-3H2,1H3/t7-,9?,10?,12-/m1/s1. The van der Waals surface area contributed by atoms with Crippen LogP contribution in [0.4, 0.5) is 0 Å². The molecule has 108 valence electrons. The maximum Gasteiger partial charge on any atom is 0.165 e. The highest BCUT2D eigenvalue weighted by atomic mass is 16.6. The van der Waals surface area contributed by atoms with Crippen molar-refractivity contribution in [3.05, 3.63) is 18.3 Å². The third-order valence-corrected chi connectivity index (χ3v) is 3.56. The van der Waals surface area contributed by atoms with Crippen molar-refractivity contribution in [2.24, 2.45) is 0 Å². The molecule has 2 aromatic rings. The smallest absolute Gasteiger partial charge is 0.165 e. The van der Waals surface area contributed by atoms with Gasteiger partial charge in [0.05, 0.1) is 18.6 Å². The van der Waals surface area contributed by atoms with Crippen LogP contribution in [0, 0.1) is 0 Å². The van der Waals surface area contributed by atoms with Crippen molar-refractivity contribution >= 4 is 11.2 Å². The Hall–Kier alpha value is -1.61. The number of aliphatic hydroxyl groups is 3. The van der Waals surface area contributed by atoms with Crippen LogP contribution in [-0.2, 0) is 11.2 Å². The summed E-state index contributed by atoms with van der Waals surface area (Å²) in [4.78, 5) is 12.6. The monoisotopic (exact) mass is 280 g/mol. The molecule has 8 nitrogen and oxygen atoms in total. The zero-order chi connectivity index (χ0) is 14.3. The Balaban J connectivity index is 2.03. The highest BCUT2D eigenvalue weighted by Crippen LogP contribution is 2.31. The van der Waals surface area contributed by atoms with Gasteiger partial charge in [0, 0.05) is 0 Å². The number of nitrogens with zero attached hydrogens (tertiary/aromatic N) is 4. The number of hydrogen-bond acceptors (Lipinski definition) is 7. The van der Waals surface area contributed by atoms with Crippen LogP contribution >= 0.6 is 0 Å². The van der Waals surface area contributed by atoms with Crippen molar-refractivity contribution in [2.75, 3.05) is 6.61 Å². The van der Waals surface area contributed by atoms with Crippen LogP contribution in [0.25, 0.3) is 11.2 Å². The summed E-state index contributed by atoms with van der Waals surface area (Å²) in [7, 11) is 0. The third kappa shape index (κ3) is 1.88. The Morgan fingerprint density at radius 3 is 2.70 bits per heavy atom. The quantitative estimate of drug-likeness (QED) is 0.660. The van der Waals surface area contributed by atoms with Gasteiger partial charge < -0.3 is 20.1 Å². The average molecular weight is 280 g/mol. The normalized spacial score (nSPS) is 30.2. The van der Waals surface area contributed by atoms with E-state index < -0.39 is 24.5 Å². The largest absolute Gasteiger partial charge is 0.394 e. The van der Waals surface area contributed by atoms with Gasteiger partial charge in [-0.1, -0.05) is 6.92 Å². The molecule has 20 heavy (non-hydrogen) atoms. The number of aliphatic hydroxyl groups excluding tert-OH is 3. The molecule has 3 heterocycles. The van der Waals surface area contributed by atoms with Gasteiger partial charge in [-0.05, 0) is 6.42 Å². The first-order valence-corrected chi connectivity index (χ1v) is 6.46. The van der Waals surface area contributed by atoms with Gasteiger partial charge in [0.15, 0.2) is 11.9 Å².